The predicted octanol–water partition coefficient (Wildman–Crippen LogP) is 14.5. The van der Waals surface area contributed by atoms with Crippen LogP contribution < -0.4 is 0 Å². The van der Waals surface area contributed by atoms with Gasteiger partial charge in [0.1, 0.15) is 0 Å². The molecule has 0 spiro atoms. The van der Waals surface area contributed by atoms with Crippen LogP contribution in [0.4, 0.5) is 0 Å². The molecule has 252 valence electrons. The van der Waals surface area contributed by atoms with Gasteiger partial charge in [0.2, 0.25) is 0 Å². The Hall–Kier alpha value is 1.06. The van der Waals surface area contributed by atoms with Gasteiger partial charge in [-0.05, 0) is 35.5 Å². The summed E-state index contributed by atoms with van der Waals surface area (Å²) in [5.41, 5.74) is 2.46. The normalized spacial score (nSPS) is 17.0. The Labute approximate surface area is 283 Å². The van der Waals surface area contributed by atoms with Crippen LogP contribution in [-0.2, 0) is 0 Å². The van der Waals surface area contributed by atoms with Gasteiger partial charge in [-0.2, -0.15) is 0 Å². The summed E-state index contributed by atoms with van der Waals surface area (Å²) in [4.78, 5) is 0. The minimum Gasteiger partial charge on any atom is -1.00 e. The summed E-state index contributed by atoms with van der Waals surface area (Å²) in [5, 5.41) is 7.65. The molecule has 0 aromatic rings. The quantitative estimate of drug-likeness (QED) is 0.160. The van der Waals surface area contributed by atoms with Gasteiger partial charge in [0.05, 0.1) is 0 Å². The largest absolute Gasteiger partial charge is 1.00 e. The van der Waals surface area contributed by atoms with Crippen molar-refractivity contribution in [3.05, 3.63) is 0 Å². The van der Waals surface area contributed by atoms with Crippen LogP contribution in [0, 0.1) is 56.7 Å². The van der Waals surface area contributed by atoms with E-state index in [-0.39, 0.29) is 1.43 Å². The fourth-order valence-electron chi connectivity index (χ4n) is 8.30. The first-order chi connectivity index (χ1) is 18.5. The zero-order chi connectivity index (χ0) is 33.7. The molecule has 0 rings (SSSR count). The topological polar surface area (TPSA) is 0 Å². The molecule has 5 atom stereocenters. The molecule has 0 saturated carbocycles. The third-order valence-electron chi connectivity index (χ3n) is 8.15. The summed E-state index contributed by atoms with van der Waals surface area (Å²) < 4.78 is 0. The molecule has 0 aromatic carbocycles. The van der Waals surface area contributed by atoms with Crippen LogP contribution in [-0.4, -0.2) is 29.4 Å². The maximum absolute atomic E-state index is 2.52. The molecule has 42 heavy (non-hydrogen) atoms. The van der Waals surface area contributed by atoms with Crippen molar-refractivity contribution in [2.45, 2.75) is 197 Å². The molecule has 0 saturated heterocycles. The summed E-state index contributed by atoms with van der Waals surface area (Å²) >= 11 is -0.00431. The van der Waals surface area contributed by atoms with Crippen LogP contribution in [0.5, 0.6) is 0 Å². The monoisotopic (exact) mass is 621 g/mol. The number of rotatable bonds is 15. The first-order valence-electron chi connectivity index (χ1n) is 18.3. The molecule has 0 aromatic heterocycles. The van der Waals surface area contributed by atoms with E-state index in [1.54, 1.807) is 15.8 Å². The van der Waals surface area contributed by atoms with Gasteiger partial charge < -0.3 is 1.43 Å². The Morgan fingerprint density at radius 3 is 0.762 bits per heavy atom. The molecule has 2 heteroatoms. The minimum absolute atomic E-state index is 0. The number of hydrogen-bond acceptors (Lipinski definition) is 0. The molecule has 0 fully saturated rings. The van der Waals surface area contributed by atoms with Gasteiger partial charge in [-0.1, -0.05) is 117 Å². The Morgan fingerprint density at radius 2 is 0.571 bits per heavy atom. The minimum atomic E-state index is -0.676. The Kier molecular flexibility index (Phi) is 21.2. The van der Waals surface area contributed by atoms with E-state index in [4.69, 9.17) is 0 Å². The van der Waals surface area contributed by atoms with E-state index in [9.17, 15) is 0 Å². The molecular weight excluding hydrogens is 534 g/mol. The Balaban J connectivity index is -0.000000779. The summed E-state index contributed by atoms with van der Waals surface area (Å²) in [5.74, 6) is 4.56. The molecule has 0 N–H and O–H groups in total. The molecule has 0 radical (unpaired) electrons. The van der Waals surface area contributed by atoms with Crippen molar-refractivity contribution in [3.63, 3.8) is 0 Å². The Morgan fingerprint density at radius 1 is 0.381 bits per heavy atom. The van der Waals surface area contributed by atoms with Crippen LogP contribution in [0.3, 0.4) is 0 Å². The van der Waals surface area contributed by atoms with Gasteiger partial charge in [0.25, 0.3) is 14.1 Å². The van der Waals surface area contributed by atoms with Gasteiger partial charge in [0.15, 0.2) is 0 Å². The molecule has 0 nitrogen and oxygen atoms in total. The molecule has 0 aliphatic heterocycles. The van der Waals surface area contributed by atoms with Gasteiger partial charge in [-0.3, -0.25) is 0 Å². The van der Waals surface area contributed by atoms with E-state index in [0.29, 0.717) is 42.3 Å². The molecule has 0 bridgehead atoms. The zero-order valence-electron chi connectivity index (χ0n) is 34.6. The fourth-order valence-corrected chi connectivity index (χ4v) is 14.5. The van der Waals surface area contributed by atoms with E-state index < -0.39 is 14.1 Å². The van der Waals surface area contributed by atoms with Crippen LogP contribution >= 0.6 is 0 Å². The van der Waals surface area contributed by atoms with Crippen molar-refractivity contribution in [2.24, 2.45) is 56.7 Å². The van der Waals surface area contributed by atoms with Crippen molar-refractivity contribution in [2.75, 3.05) is 0 Å². The van der Waals surface area contributed by atoms with Crippen molar-refractivity contribution < 1.29 is 1.43 Å². The fraction of sp³-hybridized carbons (Fsp3) is 1.00. The van der Waals surface area contributed by atoms with Gasteiger partial charge in [-0.15, -0.1) is 0 Å². The average Bonchev–Trinajstić information content (AvgIpc) is 2.60. The maximum atomic E-state index is 2.52. The molecule has 5 unspecified atom stereocenters. The van der Waals surface area contributed by atoms with Gasteiger partial charge >= 0.3 is 117 Å². The van der Waals surface area contributed by atoms with Crippen molar-refractivity contribution in [3.8, 4) is 0 Å². The predicted molar refractivity (Wildman–Crippen MR) is 203 cm³/mol. The molecule has 0 aliphatic rings. The SMILES string of the molecule is CC([CH2][Al+][CH2]C(C)CC(C)(C)C)CC(C)(C)C.CC([CH2][Al]([CH2]C(C)CC(C)(C)C)[CH2]C(C)CC(C)(C)C)CC(C)(C)C.[H-]. The average molecular weight is 621 g/mol. The first kappa shape index (κ1) is 45.2. The first-order valence-corrected chi connectivity index (χ1v) is 22.4. The second-order valence-corrected chi connectivity index (χ2v) is 26.3. The van der Waals surface area contributed by atoms with Crippen molar-refractivity contribution in [1.82, 2.24) is 0 Å². The number of hydrogen-bond donors (Lipinski definition) is 0. The van der Waals surface area contributed by atoms with Crippen LogP contribution in [0.2, 0.25) is 26.4 Å². The maximum Gasteiger partial charge on any atom is 0.262 e. The standard InChI is InChI=1S/5C8H17.2Al.H/c5*1-7(2)6-8(3,4)5;;;/h5*7H,1,6H2,2-5H3;;;/q;;;;;;+1;-1. The van der Waals surface area contributed by atoms with Crippen LogP contribution in [0.15, 0.2) is 0 Å². The summed E-state index contributed by atoms with van der Waals surface area (Å²) in [6.45, 7) is 48.3. The molecular formula is C40H86Al2. The zero-order valence-corrected chi connectivity index (χ0v) is 35.9. The summed E-state index contributed by atoms with van der Waals surface area (Å²) in [7, 11) is 0. The van der Waals surface area contributed by atoms with Crippen LogP contribution in [0.25, 0.3) is 0 Å². The van der Waals surface area contributed by atoms with Crippen LogP contribution in [0.1, 0.15) is 172 Å². The van der Waals surface area contributed by atoms with E-state index in [0.717, 1.165) is 29.6 Å². The third kappa shape index (κ3) is 33.9. The Bertz CT molecular complexity index is 586. The van der Waals surface area contributed by atoms with Gasteiger partial charge in [-0.25, -0.2) is 0 Å². The van der Waals surface area contributed by atoms with E-state index in [1.165, 1.54) is 42.7 Å². The molecule has 0 aliphatic carbocycles. The van der Waals surface area contributed by atoms with Crippen molar-refractivity contribution >= 4 is 29.4 Å². The van der Waals surface area contributed by atoms with E-state index in [2.05, 4.69) is 138 Å². The smallest absolute Gasteiger partial charge is 0.262 e. The van der Waals surface area contributed by atoms with E-state index >= 15 is 0 Å². The second-order valence-electron chi connectivity index (χ2n) is 21.7. The molecule has 0 heterocycles. The summed E-state index contributed by atoms with van der Waals surface area (Å²) in [6, 6.07) is 0. The molecule has 0 amide bonds. The van der Waals surface area contributed by atoms with E-state index in [1.807, 2.05) is 0 Å². The summed E-state index contributed by atoms with van der Waals surface area (Å²) in [6.07, 6.45) is 6.93. The second kappa shape index (κ2) is 19.7. The third-order valence-corrected chi connectivity index (χ3v) is 14.8. The van der Waals surface area contributed by atoms with Gasteiger partial charge in [0, 0.05) is 0 Å². The van der Waals surface area contributed by atoms with Crippen molar-refractivity contribution in [1.29, 1.82) is 0 Å².